The minimum atomic E-state index is 0.804. The molecule has 0 saturated carbocycles. The second-order valence-corrected chi connectivity index (χ2v) is 4.72. The van der Waals surface area contributed by atoms with Crippen LogP contribution in [0.1, 0.15) is 10.4 Å². The third-order valence-corrected chi connectivity index (χ3v) is 3.01. The molecule has 0 saturated heterocycles. The summed E-state index contributed by atoms with van der Waals surface area (Å²) in [5, 5.41) is 8.48. The van der Waals surface area contributed by atoms with E-state index in [2.05, 4.69) is 28.7 Å². The SMILES string of the molecule is Cc1cc(C#N)c(I)s1. The van der Waals surface area contributed by atoms with Gasteiger partial charge in [0.25, 0.3) is 0 Å². The molecule has 1 heterocycles. The standard InChI is InChI=1S/C6H4INS/c1-4-2-5(3-8)6(7)9-4/h2H,1H3. The molecule has 1 rings (SSSR count). The van der Waals surface area contributed by atoms with Crippen LogP contribution in [0.2, 0.25) is 0 Å². The first kappa shape index (κ1) is 7.03. The van der Waals surface area contributed by atoms with E-state index in [-0.39, 0.29) is 0 Å². The zero-order valence-electron chi connectivity index (χ0n) is 4.81. The van der Waals surface area contributed by atoms with Crippen LogP contribution < -0.4 is 0 Å². The smallest absolute Gasteiger partial charge is 0.101 e. The van der Waals surface area contributed by atoms with E-state index in [0.717, 1.165) is 8.45 Å². The Morgan fingerprint density at radius 2 is 2.44 bits per heavy atom. The van der Waals surface area contributed by atoms with Crippen LogP contribution >= 0.6 is 33.9 Å². The van der Waals surface area contributed by atoms with Crippen molar-refractivity contribution in [3.63, 3.8) is 0 Å². The highest BCUT2D eigenvalue weighted by molar-refractivity contribution is 14.1. The van der Waals surface area contributed by atoms with Gasteiger partial charge >= 0.3 is 0 Å². The normalized spacial score (nSPS) is 9.00. The molecule has 0 bridgehead atoms. The Labute approximate surface area is 71.5 Å². The molecule has 0 aliphatic heterocycles. The molecule has 0 amide bonds. The van der Waals surface area contributed by atoms with E-state index in [1.54, 1.807) is 11.3 Å². The molecule has 0 aromatic carbocycles. The molecular formula is C6H4INS. The topological polar surface area (TPSA) is 23.8 Å². The Morgan fingerprint density at radius 3 is 2.67 bits per heavy atom. The maximum absolute atomic E-state index is 8.48. The van der Waals surface area contributed by atoms with Crippen molar-refractivity contribution in [3.8, 4) is 6.07 Å². The zero-order valence-corrected chi connectivity index (χ0v) is 7.78. The highest BCUT2D eigenvalue weighted by Crippen LogP contribution is 2.22. The maximum Gasteiger partial charge on any atom is 0.101 e. The minimum absolute atomic E-state index is 0.804. The van der Waals surface area contributed by atoms with E-state index < -0.39 is 0 Å². The Hall–Kier alpha value is -0.0800. The lowest BCUT2D eigenvalue weighted by molar-refractivity contribution is 1.49. The lowest BCUT2D eigenvalue weighted by Gasteiger charge is -1.74. The van der Waals surface area contributed by atoms with Crippen LogP contribution in [0.15, 0.2) is 6.07 Å². The monoisotopic (exact) mass is 249 g/mol. The van der Waals surface area contributed by atoms with Crippen molar-refractivity contribution in [1.82, 2.24) is 0 Å². The van der Waals surface area contributed by atoms with Gasteiger partial charge in [0.05, 0.1) is 8.45 Å². The van der Waals surface area contributed by atoms with Gasteiger partial charge in [0.15, 0.2) is 0 Å². The largest absolute Gasteiger partial charge is 0.192 e. The second-order valence-electron chi connectivity index (χ2n) is 1.66. The van der Waals surface area contributed by atoms with Gasteiger partial charge in [0, 0.05) is 4.88 Å². The lowest BCUT2D eigenvalue weighted by atomic mass is 10.3. The van der Waals surface area contributed by atoms with Crippen LogP contribution in [0.4, 0.5) is 0 Å². The highest BCUT2D eigenvalue weighted by atomic mass is 127. The van der Waals surface area contributed by atoms with Crippen molar-refractivity contribution in [1.29, 1.82) is 5.26 Å². The number of rotatable bonds is 0. The summed E-state index contributed by atoms with van der Waals surface area (Å²) in [4.78, 5) is 1.20. The molecule has 1 aromatic heterocycles. The van der Waals surface area contributed by atoms with Gasteiger partial charge in [-0.1, -0.05) is 0 Å². The first-order chi connectivity index (χ1) is 4.24. The van der Waals surface area contributed by atoms with E-state index in [1.807, 2.05) is 13.0 Å². The van der Waals surface area contributed by atoms with Crippen molar-refractivity contribution >= 4 is 33.9 Å². The maximum atomic E-state index is 8.48. The highest BCUT2D eigenvalue weighted by Gasteiger charge is 2.00. The Morgan fingerprint density at radius 1 is 1.78 bits per heavy atom. The summed E-state index contributed by atoms with van der Waals surface area (Å²) in [7, 11) is 0. The molecule has 0 N–H and O–H groups in total. The van der Waals surface area contributed by atoms with Crippen LogP contribution in [-0.4, -0.2) is 0 Å². The van der Waals surface area contributed by atoms with E-state index in [9.17, 15) is 0 Å². The number of aryl methyl sites for hydroxylation is 1. The minimum Gasteiger partial charge on any atom is -0.192 e. The average Bonchev–Trinajstić information content (AvgIpc) is 2.10. The summed E-state index contributed by atoms with van der Waals surface area (Å²) in [5.41, 5.74) is 0.804. The number of thiophene rings is 1. The number of hydrogen-bond acceptors (Lipinski definition) is 2. The number of halogens is 1. The quantitative estimate of drug-likeness (QED) is 0.648. The molecule has 0 fully saturated rings. The molecule has 0 radical (unpaired) electrons. The van der Waals surface area contributed by atoms with Gasteiger partial charge in [-0.25, -0.2) is 0 Å². The summed E-state index contributed by atoms with van der Waals surface area (Å²) in [6.07, 6.45) is 0. The molecule has 0 spiro atoms. The van der Waals surface area contributed by atoms with Crippen LogP contribution in [-0.2, 0) is 0 Å². The van der Waals surface area contributed by atoms with E-state index >= 15 is 0 Å². The molecule has 0 aliphatic carbocycles. The van der Waals surface area contributed by atoms with Crippen molar-refractivity contribution in [2.75, 3.05) is 0 Å². The van der Waals surface area contributed by atoms with E-state index in [1.165, 1.54) is 4.88 Å². The van der Waals surface area contributed by atoms with Crippen LogP contribution in [0, 0.1) is 21.1 Å². The fraction of sp³-hybridized carbons (Fsp3) is 0.167. The predicted molar refractivity (Wildman–Crippen MR) is 46.5 cm³/mol. The van der Waals surface area contributed by atoms with Gasteiger partial charge in [-0.15, -0.1) is 11.3 Å². The molecule has 9 heavy (non-hydrogen) atoms. The summed E-state index contributed by atoms with van der Waals surface area (Å²) in [6, 6.07) is 4.03. The Kier molecular flexibility index (Phi) is 2.09. The second kappa shape index (κ2) is 2.67. The number of nitrogens with zero attached hydrogens (tertiary/aromatic N) is 1. The van der Waals surface area contributed by atoms with Gasteiger partial charge in [0.2, 0.25) is 0 Å². The molecule has 0 aliphatic rings. The van der Waals surface area contributed by atoms with Crippen molar-refractivity contribution in [2.24, 2.45) is 0 Å². The van der Waals surface area contributed by atoms with Crippen LogP contribution in [0.3, 0.4) is 0 Å². The molecule has 46 valence electrons. The van der Waals surface area contributed by atoms with Crippen LogP contribution in [0.5, 0.6) is 0 Å². The lowest BCUT2D eigenvalue weighted by Crippen LogP contribution is -1.65. The van der Waals surface area contributed by atoms with Crippen molar-refractivity contribution < 1.29 is 0 Å². The van der Waals surface area contributed by atoms with Gasteiger partial charge < -0.3 is 0 Å². The van der Waals surface area contributed by atoms with E-state index in [0.29, 0.717) is 0 Å². The fourth-order valence-electron chi connectivity index (χ4n) is 0.562. The van der Waals surface area contributed by atoms with Gasteiger partial charge in [-0.05, 0) is 35.6 Å². The number of hydrogen-bond donors (Lipinski definition) is 0. The van der Waals surface area contributed by atoms with Crippen molar-refractivity contribution in [2.45, 2.75) is 6.92 Å². The van der Waals surface area contributed by atoms with E-state index in [4.69, 9.17) is 5.26 Å². The molecule has 1 nitrogen and oxygen atoms in total. The molecular weight excluding hydrogens is 245 g/mol. The summed E-state index contributed by atoms with van der Waals surface area (Å²) >= 11 is 3.84. The zero-order chi connectivity index (χ0) is 6.85. The summed E-state index contributed by atoms with van der Waals surface area (Å²) in [6.45, 7) is 2.01. The fourth-order valence-corrected chi connectivity index (χ4v) is 2.55. The first-order valence-corrected chi connectivity index (χ1v) is 4.29. The average molecular weight is 249 g/mol. The Bertz CT molecular complexity index is 259. The van der Waals surface area contributed by atoms with Crippen molar-refractivity contribution in [3.05, 3.63) is 19.4 Å². The third-order valence-electron chi connectivity index (χ3n) is 0.930. The predicted octanol–water partition coefficient (Wildman–Crippen LogP) is 2.53. The molecule has 3 heteroatoms. The van der Waals surface area contributed by atoms with Gasteiger partial charge in [0.1, 0.15) is 6.07 Å². The third kappa shape index (κ3) is 1.43. The summed E-state index contributed by atoms with van der Waals surface area (Å²) < 4.78 is 1.09. The first-order valence-electron chi connectivity index (χ1n) is 2.40. The van der Waals surface area contributed by atoms with Gasteiger partial charge in [-0.2, -0.15) is 5.26 Å². The number of nitriles is 1. The molecule has 0 atom stereocenters. The Balaban J connectivity index is 3.20. The van der Waals surface area contributed by atoms with Gasteiger partial charge in [-0.3, -0.25) is 0 Å². The van der Waals surface area contributed by atoms with Crippen LogP contribution in [0.25, 0.3) is 0 Å². The molecule has 1 aromatic rings. The summed E-state index contributed by atoms with van der Waals surface area (Å²) in [5.74, 6) is 0. The molecule has 0 unspecified atom stereocenters.